The van der Waals surface area contributed by atoms with Crippen LogP contribution >= 0.6 is 0 Å². The average molecular weight is 296 g/mol. The molecule has 0 radical (unpaired) electrons. The normalized spacial score (nSPS) is 10.9. The van der Waals surface area contributed by atoms with Crippen LogP contribution < -0.4 is 10.9 Å². The summed E-state index contributed by atoms with van der Waals surface area (Å²) in [7, 11) is 0. The van der Waals surface area contributed by atoms with Crippen LogP contribution in [0.4, 0.5) is 5.69 Å². The molecule has 0 unspecified atom stereocenters. The zero-order valence-corrected chi connectivity index (χ0v) is 12.6. The molecule has 0 saturated heterocycles. The highest BCUT2D eigenvalue weighted by Gasteiger charge is 2.16. The Hall–Kier alpha value is -2.89. The molecular formula is C16H16N4O2. The number of carbonyl (C=O) groups excluding carboxylic acids is 1. The van der Waals surface area contributed by atoms with Gasteiger partial charge in [0.1, 0.15) is 5.69 Å². The number of H-pyrrole nitrogens is 1. The van der Waals surface area contributed by atoms with E-state index in [4.69, 9.17) is 0 Å². The number of aromatic nitrogens is 3. The van der Waals surface area contributed by atoms with Crippen molar-refractivity contribution in [2.45, 2.75) is 20.8 Å². The van der Waals surface area contributed by atoms with Crippen molar-refractivity contribution in [2.24, 2.45) is 0 Å². The lowest BCUT2D eigenvalue weighted by Gasteiger charge is -2.07. The van der Waals surface area contributed by atoms with E-state index >= 15 is 0 Å². The van der Waals surface area contributed by atoms with Gasteiger partial charge < -0.3 is 10.3 Å². The number of aromatic amines is 1. The molecule has 2 N–H and O–H groups in total. The topological polar surface area (TPSA) is 79.3 Å². The Bertz CT molecular complexity index is 937. The summed E-state index contributed by atoms with van der Waals surface area (Å²) >= 11 is 0. The van der Waals surface area contributed by atoms with Crippen LogP contribution in [0, 0.1) is 20.8 Å². The molecule has 3 heterocycles. The number of hydrogen-bond acceptors (Lipinski definition) is 3. The van der Waals surface area contributed by atoms with Crippen molar-refractivity contribution in [3.05, 3.63) is 63.3 Å². The summed E-state index contributed by atoms with van der Waals surface area (Å²) in [6, 6.07) is 5.45. The molecule has 22 heavy (non-hydrogen) atoms. The summed E-state index contributed by atoms with van der Waals surface area (Å²) in [6.07, 6.45) is 3.29. The summed E-state index contributed by atoms with van der Waals surface area (Å²) in [4.78, 5) is 27.1. The minimum Gasteiger partial charge on any atom is -0.324 e. The highest BCUT2D eigenvalue weighted by Crippen LogP contribution is 2.16. The molecule has 6 heteroatoms. The number of nitrogens with zero attached hydrogens (tertiary/aromatic N) is 2. The van der Waals surface area contributed by atoms with Gasteiger partial charge in [-0.15, -0.1) is 0 Å². The first-order chi connectivity index (χ1) is 10.5. The largest absolute Gasteiger partial charge is 0.324 e. The lowest BCUT2D eigenvalue weighted by molar-refractivity contribution is 0.102. The monoisotopic (exact) mass is 296 g/mol. The summed E-state index contributed by atoms with van der Waals surface area (Å²) in [6.45, 7) is 5.61. The van der Waals surface area contributed by atoms with E-state index in [1.54, 1.807) is 16.8 Å². The molecule has 3 aromatic rings. The van der Waals surface area contributed by atoms with Crippen molar-refractivity contribution >= 4 is 17.1 Å². The van der Waals surface area contributed by atoms with Crippen molar-refractivity contribution in [3.63, 3.8) is 0 Å². The quantitative estimate of drug-likeness (QED) is 0.761. The molecule has 0 aromatic carbocycles. The second-order valence-electron chi connectivity index (χ2n) is 5.32. The van der Waals surface area contributed by atoms with E-state index in [1.807, 2.05) is 32.9 Å². The van der Waals surface area contributed by atoms with Gasteiger partial charge in [0.05, 0.1) is 17.3 Å². The minimum atomic E-state index is -0.349. The lowest BCUT2D eigenvalue weighted by atomic mass is 10.1. The number of amides is 1. The van der Waals surface area contributed by atoms with Gasteiger partial charge in [-0.2, -0.15) is 5.10 Å². The predicted octanol–water partition coefficient (Wildman–Crippen LogP) is 2.20. The summed E-state index contributed by atoms with van der Waals surface area (Å²) in [5.74, 6) is -0.349. The third-order valence-electron chi connectivity index (χ3n) is 3.73. The Morgan fingerprint density at radius 3 is 2.82 bits per heavy atom. The number of hydrogen-bond donors (Lipinski definition) is 2. The lowest BCUT2D eigenvalue weighted by Crippen LogP contribution is -2.20. The number of pyridine rings is 2. The predicted molar refractivity (Wildman–Crippen MR) is 84.4 cm³/mol. The van der Waals surface area contributed by atoms with Gasteiger partial charge in [0.25, 0.3) is 11.5 Å². The maximum Gasteiger partial charge on any atom is 0.271 e. The van der Waals surface area contributed by atoms with Gasteiger partial charge >= 0.3 is 0 Å². The number of nitrogens with one attached hydrogen (secondary N) is 2. The fourth-order valence-corrected chi connectivity index (χ4v) is 2.39. The molecule has 1 amide bonds. The van der Waals surface area contributed by atoms with Crippen LogP contribution in [0.25, 0.3) is 5.52 Å². The number of carbonyl (C=O) groups is 1. The van der Waals surface area contributed by atoms with Gasteiger partial charge in [-0.25, -0.2) is 4.52 Å². The van der Waals surface area contributed by atoms with E-state index in [0.717, 1.165) is 22.3 Å². The molecule has 3 rings (SSSR count). The zero-order chi connectivity index (χ0) is 15.9. The average Bonchev–Trinajstić information content (AvgIpc) is 2.90. The van der Waals surface area contributed by atoms with Gasteiger partial charge in [0, 0.05) is 11.9 Å². The molecule has 112 valence electrons. The molecule has 0 fully saturated rings. The van der Waals surface area contributed by atoms with Crippen molar-refractivity contribution in [1.82, 2.24) is 14.6 Å². The van der Waals surface area contributed by atoms with Gasteiger partial charge in [0.15, 0.2) is 0 Å². The molecule has 0 bridgehead atoms. The molecular weight excluding hydrogens is 280 g/mol. The molecule has 0 aliphatic heterocycles. The Kier molecular flexibility index (Phi) is 3.29. The third kappa shape index (κ3) is 2.28. The summed E-state index contributed by atoms with van der Waals surface area (Å²) in [5.41, 5.74) is 3.74. The Balaban J connectivity index is 2.01. The van der Waals surface area contributed by atoms with Gasteiger partial charge in [-0.3, -0.25) is 9.59 Å². The van der Waals surface area contributed by atoms with Crippen LogP contribution in [0.5, 0.6) is 0 Å². The van der Waals surface area contributed by atoms with Gasteiger partial charge in [-0.1, -0.05) is 6.07 Å². The van der Waals surface area contributed by atoms with Crippen molar-refractivity contribution in [2.75, 3.05) is 5.32 Å². The third-order valence-corrected chi connectivity index (χ3v) is 3.73. The van der Waals surface area contributed by atoms with Crippen molar-refractivity contribution < 1.29 is 4.79 Å². The van der Waals surface area contributed by atoms with Crippen LogP contribution in [-0.2, 0) is 0 Å². The van der Waals surface area contributed by atoms with E-state index in [-0.39, 0.29) is 17.2 Å². The van der Waals surface area contributed by atoms with Gasteiger partial charge in [-0.05, 0) is 44.0 Å². The molecule has 0 aliphatic carbocycles. The van der Waals surface area contributed by atoms with E-state index < -0.39 is 0 Å². The SMILES string of the molecule is Cc1cc(NC(=O)c2cnn3cccc(C)c23)c(=O)[nH]c1C. The zero-order valence-electron chi connectivity index (χ0n) is 12.6. The Morgan fingerprint density at radius 1 is 1.27 bits per heavy atom. The number of rotatable bonds is 2. The fourth-order valence-electron chi connectivity index (χ4n) is 2.39. The van der Waals surface area contributed by atoms with Crippen LogP contribution in [0.2, 0.25) is 0 Å². The van der Waals surface area contributed by atoms with Crippen LogP contribution in [0.15, 0.2) is 35.4 Å². The molecule has 0 spiro atoms. The molecule has 3 aromatic heterocycles. The molecule has 0 aliphatic rings. The van der Waals surface area contributed by atoms with E-state index in [0.29, 0.717) is 5.56 Å². The number of fused-ring (bicyclic) bond motifs is 1. The highest BCUT2D eigenvalue weighted by molar-refractivity contribution is 6.09. The van der Waals surface area contributed by atoms with Crippen LogP contribution in [-0.4, -0.2) is 20.5 Å². The summed E-state index contributed by atoms with van der Waals surface area (Å²) in [5, 5.41) is 6.83. The Morgan fingerprint density at radius 2 is 2.05 bits per heavy atom. The van der Waals surface area contributed by atoms with Crippen LogP contribution in [0.3, 0.4) is 0 Å². The standard InChI is InChI=1S/C16H16N4O2/c1-9-5-4-6-20-14(9)12(8-17-20)15(21)19-13-7-10(2)11(3)18-16(13)22/h4-8H,1-3H3,(H,18,22)(H,19,21). The molecule has 6 nitrogen and oxygen atoms in total. The maximum atomic E-state index is 12.5. The fraction of sp³-hybridized carbons (Fsp3) is 0.188. The second-order valence-corrected chi connectivity index (χ2v) is 5.32. The van der Waals surface area contributed by atoms with E-state index in [9.17, 15) is 9.59 Å². The van der Waals surface area contributed by atoms with Crippen molar-refractivity contribution in [3.8, 4) is 0 Å². The second kappa shape index (κ2) is 5.14. The van der Waals surface area contributed by atoms with E-state index in [2.05, 4.69) is 15.4 Å². The first-order valence-corrected chi connectivity index (χ1v) is 6.92. The van der Waals surface area contributed by atoms with Gasteiger partial charge in [0.2, 0.25) is 0 Å². The minimum absolute atomic E-state index is 0.237. The van der Waals surface area contributed by atoms with E-state index in [1.165, 1.54) is 6.20 Å². The molecule has 0 saturated carbocycles. The smallest absolute Gasteiger partial charge is 0.271 e. The molecule has 0 atom stereocenters. The maximum absolute atomic E-state index is 12.5. The van der Waals surface area contributed by atoms with Crippen LogP contribution in [0.1, 0.15) is 27.2 Å². The van der Waals surface area contributed by atoms with Crippen molar-refractivity contribution in [1.29, 1.82) is 0 Å². The summed E-state index contributed by atoms with van der Waals surface area (Å²) < 4.78 is 1.65. The first kappa shape index (κ1) is 14.1. The Labute approximate surface area is 126 Å². The number of aryl methyl sites for hydroxylation is 3. The highest BCUT2D eigenvalue weighted by atomic mass is 16.2. The number of anilines is 1. The first-order valence-electron chi connectivity index (χ1n) is 6.92.